The Morgan fingerprint density at radius 2 is 1.56 bits per heavy atom. The van der Waals surface area contributed by atoms with E-state index in [-0.39, 0.29) is 11.5 Å². The maximum atomic E-state index is 12.1. The zero-order valence-electron chi connectivity index (χ0n) is 17.2. The molecule has 2 aliphatic heterocycles. The van der Waals surface area contributed by atoms with Gasteiger partial charge in [0.25, 0.3) is 0 Å². The Morgan fingerprint density at radius 1 is 1.04 bits per heavy atom. The molecule has 1 atom stereocenters. The standard InChI is InChI=1S/C20H39N3O2/c1-16(2)19(4,5)23-13-11-22(12-14-23)15-17(3)20(18(24)25)7-9-21(6)10-8-20/h16-17H,7-15H2,1-6H3,(H,24,25). The third-order valence-electron chi connectivity index (χ3n) is 7.38. The zero-order valence-corrected chi connectivity index (χ0v) is 17.2. The summed E-state index contributed by atoms with van der Waals surface area (Å²) >= 11 is 0. The number of piperazine rings is 1. The molecular formula is C20H39N3O2. The molecule has 2 saturated heterocycles. The topological polar surface area (TPSA) is 47.0 Å². The van der Waals surface area contributed by atoms with Crippen molar-refractivity contribution in [1.82, 2.24) is 14.7 Å². The van der Waals surface area contributed by atoms with Crippen LogP contribution in [0.4, 0.5) is 0 Å². The van der Waals surface area contributed by atoms with Crippen LogP contribution in [-0.2, 0) is 4.79 Å². The first-order chi connectivity index (χ1) is 11.6. The number of aliphatic carboxylic acids is 1. The molecule has 0 aliphatic carbocycles. The second-order valence-electron chi connectivity index (χ2n) is 9.26. The lowest BCUT2D eigenvalue weighted by Gasteiger charge is -2.48. The predicted octanol–water partition coefficient (Wildman–Crippen LogP) is 2.47. The van der Waals surface area contributed by atoms with Crippen molar-refractivity contribution in [2.24, 2.45) is 17.3 Å². The highest BCUT2D eigenvalue weighted by molar-refractivity contribution is 5.75. The Labute approximate surface area is 154 Å². The molecule has 1 N–H and O–H groups in total. The molecule has 0 radical (unpaired) electrons. The number of hydrogen-bond acceptors (Lipinski definition) is 4. The highest BCUT2D eigenvalue weighted by Gasteiger charge is 2.46. The van der Waals surface area contributed by atoms with Gasteiger partial charge in [-0.05, 0) is 58.7 Å². The lowest BCUT2D eigenvalue weighted by atomic mass is 9.69. The van der Waals surface area contributed by atoms with Gasteiger partial charge < -0.3 is 14.9 Å². The fraction of sp³-hybridized carbons (Fsp3) is 0.950. The monoisotopic (exact) mass is 353 g/mol. The van der Waals surface area contributed by atoms with Gasteiger partial charge in [0.15, 0.2) is 0 Å². The van der Waals surface area contributed by atoms with Crippen LogP contribution < -0.4 is 0 Å². The molecule has 0 spiro atoms. The minimum Gasteiger partial charge on any atom is -0.481 e. The quantitative estimate of drug-likeness (QED) is 0.795. The summed E-state index contributed by atoms with van der Waals surface area (Å²) in [4.78, 5) is 19.4. The van der Waals surface area contributed by atoms with Crippen LogP contribution in [0.1, 0.15) is 47.5 Å². The number of rotatable bonds is 6. The number of nitrogens with zero attached hydrogens (tertiary/aromatic N) is 3. The number of hydrogen-bond donors (Lipinski definition) is 1. The van der Waals surface area contributed by atoms with Gasteiger partial charge in [-0.1, -0.05) is 20.8 Å². The molecule has 5 nitrogen and oxygen atoms in total. The molecule has 0 amide bonds. The second kappa shape index (κ2) is 7.93. The maximum Gasteiger partial charge on any atom is 0.310 e. The Bertz CT molecular complexity index is 448. The van der Waals surface area contributed by atoms with Crippen molar-refractivity contribution in [2.45, 2.75) is 53.0 Å². The highest BCUT2D eigenvalue weighted by atomic mass is 16.4. The number of piperidine rings is 1. The number of carboxylic acids is 1. The van der Waals surface area contributed by atoms with Crippen molar-refractivity contribution in [2.75, 3.05) is 52.9 Å². The van der Waals surface area contributed by atoms with Gasteiger partial charge >= 0.3 is 5.97 Å². The van der Waals surface area contributed by atoms with Crippen molar-refractivity contribution < 1.29 is 9.90 Å². The SMILES string of the molecule is CC(CN1CCN(C(C)(C)C(C)C)CC1)C1(C(=O)O)CCN(C)CC1. The Hall–Kier alpha value is -0.650. The van der Waals surface area contributed by atoms with E-state index < -0.39 is 11.4 Å². The fourth-order valence-corrected chi connectivity index (χ4v) is 4.37. The summed E-state index contributed by atoms with van der Waals surface area (Å²) in [5.41, 5.74) is -0.311. The van der Waals surface area contributed by atoms with Gasteiger partial charge in [-0.25, -0.2) is 0 Å². The van der Waals surface area contributed by atoms with Crippen LogP contribution in [0.2, 0.25) is 0 Å². The molecule has 2 rings (SSSR count). The Kier molecular flexibility index (Phi) is 6.55. The molecule has 2 heterocycles. The summed E-state index contributed by atoms with van der Waals surface area (Å²) < 4.78 is 0. The molecule has 0 aromatic carbocycles. The number of carbonyl (C=O) groups is 1. The molecule has 2 aliphatic rings. The average molecular weight is 354 g/mol. The Morgan fingerprint density at radius 3 is 2.00 bits per heavy atom. The van der Waals surface area contributed by atoms with E-state index in [2.05, 4.69) is 56.4 Å². The molecular weight excluding hydrogens is 314 g/mol. The summed E-state index contributed by atoms with van der Waals surface area (Å²) in [6, 6.07) is 0. The Balaban J connectivity index is 1.93. The molecule has 0 aromatic rings. The summed E-state index contributed by atoms with van der Waals surface area (Å²) in [7, 11) is 2.09. The van der Waals surface area contributed by atoms with E-state index in [1.807, 2.05) is 0 Å². The average Bonchev–Trinajstić information content (AvgIpc) is 2.55. The molecule has 0 aromatic heterocycles. The largest absolute Gasteiger partial charge is 0.481 e. The molecule has 5 heteroatoms. The van der Waals surface area contributed by atoms with E-state index in [1.165, 1.54) is 0 Å². The van der Waals surface area contributed by atoms with Gasteiger partial charge in [0.05, 0.1) is 5.41 Å². The smallest absolute Gasteiger partial charge is 0.310 e. The van der Waals surface area contributed by atoms with E-state index in [9.17, 15) is 9.90 Å². The highest BCUT2D eigenvalue weighted by Crippen LogP contribution is 2.39. The van der Waals surface area contributed by atoms with Crippen molar-refractivity contribution in [3.05, 3.63) is 0 Å². The van der Waals surface area contributed by atoms with Gasteiger partial charge in [0.2, 0.25) is 0 Å². The molecule has 1 unspecified atom stereocenters. The van der Waals surface area contributed by atoms with E-state index in [0.717, 1.165) is 58.7 Å². The summed E-state index contributed by atoms with van der Waals surface area (Å²) in [5.74, 6) is 0.239. The van der Waals surface area contributed by atoms with E-state index in [0.29, 0.717) is 5.92 Å². The molecule has 0 bridgehead atoms. The molecule has 146 valence electrons. The summed E-state index contributed by atoms with van der Waals surface area (Å²) in [5, 5.41) is 9.94. The first-order valence-electron chi connectivity index (χ1n) is 9.99. The fourth-order valence-electron chi connectivity index (χ4n) is 4.37. The van der Waals surface area contributed by atoms with Crippen molar-refractivity contribution in [3.8, 4) is 0 Å². The molecule has 25 heavy (non-hydrogen) atoms. The second-order valence-corrected chi connectivity index (χ2v) is 9.26. The normalized spacial score (nSPS) is 25.2. The predicted molar refractivity (Wildman–Crippen MR) is 103 cm³/mol. The number of carboxylic acid groups (broad SMARTS) is 1. The van der Waals surface area contributed by atoms with Gasteiger partial charge in [0, 0.05) is 38.3 Å². The van der Waals surface area contributed by atoms with Crippen LogP contribution in [0.5, 0.6) is 0 Å². The summed E-state index contributed by atoms with van der Waals surface area (Å²) in [6.07, 6.45) is 1.56. The third kappa shape index (κ3) is 4.37. The van der Waals surface area contributed by atoms with Gasteiger partial charge in [-0.2, -0.15) is 0 Å². The third-order valence-corrected chi connectivity index (χ3v) is 7.38. The van der Waals surface area contributed by atoms with E-state index >= 15 is 0 Å². The van der Waals surface area contributed by atoms with Crippen LogP contribution in [0.25, 0.3) is 0 Å². The van der Waals surface area contributed by atoms with Gasteiger partial charge in [-0.15, -0.1) is 0 Å². The minimum atomic E-state index is -0.590. The van der Waals surface area contributed by atoms with E-state index in [4.69, 9.17) is 0 Å². The van der Waals surface area contributed by atoms with E-state index in [1.54, 1.807) is 0 Å². The van der Waals surface area contributed by atoms with Crippen LogP contribution in [0.15, 0.2) is 0 Å². The summed E-state index contributed by atoms with van der Waals surface area (Å²) in [6.45, 7) is 18.4. The number of likely N-dealkylation sites (tertiary alicyclic amines) is 1. The van der Waals surface area contributed by atoms with Crippen LogP contribution in [-0.4, -0.2) is 84.2 Å². The van der Waals surface area contributed by atoms with Crippen molar-refractivity contribution in [3.63, 3.8) is 0 Å². The first-order valence-corrected chi connectivity index (χ1v) is 9.99. The van der Waals surface area contributed by atoms with Crippen molar-refractivity contribution in [1.29, 1.82) is 0 Å². The van der Waals surface area contributed by atoms with Gasteiger partial charge in [0.1, 0.15) is 0 Å². The zero-order chi connectivity index (χ0) is 18.8. The maximum absolute atomic E-state index is 12.1. The first kappa shape index (κ1) is 20.7. The lowest BCUT2D eigenvalue weighted by Crippen LogP contribution is -2.58. The van der Waals surface area contributed by atoms with Crippen LogP contribution in [0.3, 0.4) is 0 Å². The minimum absolute atomic E-state index is 0.198. The lowest BCUT2D eigenvalue weighted by molar-refractivity contribution is -0.156. The molecule has 2 fully saturated rings. The molecule has 0 saturated carbocycles. The van der Waals surface area contributed by atoms with Crippen LogP contribution in [0, 0.1) is 17.3 Å². The van der Waals surface area contributed by atoms with Crippen molar-refractivity contribution >= 4 is 5.97 Å². The van der Waals surface area contributed by atoms with Gasteiger partial charge in [-0.3, -0.25) is 9.69 Å². The van der Waals surface area contributed by atoms with Crippen LogP contribution >= 0.6 is 0 Å².